The molecule has 0 amide bonds. The number of carbonyl (C=O) groups excluding carboxylic acids is 4. The number of nitrogens with zero attached hydrogens (tertiary/aromatic N) is 1. The fourth-order valence-electron chi connectivity index (χ4n) is 6.88. The highest BCUT2D eigenvalue weighted by atomic mass is 16.7. The minimum Gasteiger partial charge on any atom is -0.462 e. The zero-order chi connectivity index (χ0) is 42.0. The van der Waals surface area contributed by atoms with Crippen molar-refractivity contribution in [3.05, 3.63) is 0 Å². The van der Waals surface area contributed by atoms with E-state index in [0.717, 1.165) is 83.8 Å². The number of unbranched alkanes of at least 4 members (excludes halogenated alkanes) is 21. The van der Waals surface area contributed by atoms with E-state index in [-0.39, 0.29) is 44.6 Å². The van der Waals surface area contributed by atoms with Crippen LogP contribution >= 0.6 is 0 Å². The van der Waals surface area contributed by atoms with E-state index in [4.69, 9.17) is 23.7 Å². The molecule has 0 aliphatic heterocycles. The van der Waals surface area contributed by atoms with Crippen molar-refractivity contribution in [2.24, 2.45) is 0 Å². The maximum absolute atomic E-state index is 13.2. The Bertz CT molecular complexity index is 908. The van der Waals surface area contributed by atoms with Crippen LogP contribution in [-0.4, -0.2) is 80.6 Å². The minimum atomic E-state index is -0.911. The van der Waals surface area contributed by atoms with Gasteiger partial charge in [-0.3, -0.25) is 14.4 Å². The fourth-order valence-corrected chi connectivity index (χ4v) is 6.88. The summed E-state index contributed by atoms with van der Waals surface area (Å²) >= 11 is 0. The number of esters is 3. The third kappa shape index (κ3) is 37.6. The molecule has 1 unspecified atom stereocenters. The highest BCUT2D eigenvalue weighted by Gasteiger charge is 2.22. The van der Waals surface area contributed by atoms with Gasteiger partial charge in [0.25, 0.3) is 0 Å². The molecule has 336 valence electrons. The lowest BCUT2D eigenvalue weighted by Gasteiger charge is -2.20. The van der Waals surface area contributed by atoms with Gasteiger partial charge in [0.05, 0.1) is 6.61 Å². The van der Waals surface area contributed by atoms with Crippen LogP contribution in [0.15, 0.2) is 0 Å². The molecule has 0 radical (unpaired) electrons. The number of carbonyl (C=O) groups is 4. The molecule has 10 nitrogen and oxygen atoms in total. The standard InChI is InChI=1S/C47H89NO9/c1-6-11-14-17-20-21-22-25-26-29-33-42(57-47(52)53-39-32-38-48(9-4)10-5)36-37-46(51)56-43(40-54-44(49)34-30-27-23-18-15-12-7-2)41-55-45(50)35-31-28-24-19-16-13-8-3/h42-43H,6-41H2,1-5H3. The maximum Gasteiger partial charge on any atom is 0.508 e. The molecular weight excluding hydrogens is 723 g/mol. The van der Waals surface area contributed by atoms with Gasteiger partial charge in [-0.25, -0.2) is 4.79 Å². The summed E-state index contributed by atoms with van der Waals surface area (Å²) in [6.07, 6.45) is 27.4. The summed E-state index contributed by atoms with van der Waals surface area (Å²) in [5.74, 6) is -1.21. The van der Waals surface area contributed by atoms with Crippen LogP contribution in [0, 0.1) is 0 Å². The van der Waals surface area contributed by atoms with Crippen molar-refractivity contribution < 1.29 is 42.9 Å². The van der Waals surface area contributed by atoms with E-state index >= 15 is 0 Å². The van der Waals surface area contributed by atoms with Crippen LogP contribution in [0.3, 0.4) is 0 Å². The Balaban J connectivity index is 5.13. The van der Waals surface area contributed by atoms with Gasteiger partial charge in [-0.1, -0.05) is 169 Å². The Morgan fingerprint density at radius 3 is 1.26 bits per heavy atom. The summed E-state index contributed by atoms with van der Waals surface area (Å²) in [6, 6.07) is 0. The van der Waals surface area contributed by atoms with E-state index in [0.29, 0.717) is 19.3 Å². The average molecular weight is 812 g/mol. The van der Waals surface area contributed by atoms with Gasteiger partial charge >= 0.3 is 24.1 Å². The molecular formula is C47H89NO9. The van der Waals surface area contributed by atoms with E-state index in [2.05, 4.69) is 39.5 Å². The first-order valence-corrected chi connectivity index (χ1v) is 23.9. The Hall–Kier alpha value is -2.36. The highest BCUT2D eigenvalue weighted by molar-refractivity contribution is 5.71. The lowest BCUT2D eigenvalue weighted by Crippen LogP contribution is -2.31. The molecule has 1 atom stereocenters. The van der Waals surface area contributed by atoms with Crippen molar-refractivity contribution in [1.29, 1.82) is 0 Å². The number of rotatable bonds is 42. The van der Waals surface area contributed by atoms with Crippen LogP contribution in [0.5, 0.6) is 0 Å². The van der Waals surface area contributed by atoms with Gasteiger partial charge in [0.1, 0.15) is 19.3 Å². The SMILES string of the molecule is CCCCCCCCCCCCC(CCC(=O)OC(COC(=O)CCCCCCCCC)COC(=O)CCCCCCCCC)OC(=O)OCCCN(CC)CC. The van der Waals surface area contributed by atoms with Crippen LogP contribution in [0.2, 0.25) is 0 Å². The van der Waals surface area contributed by atoms with Crippen LogP contribution < -0.4 is 0 Å². The van der Waals surface area contributed by atoms with Crippen LogP contribution in [0.1, 0.15) is 227 Å². The molecule has 0 rings (SSSR count). The summed E-state index contributed by atoms with van der Waals surface area (Å²) in [5, 5.41) is 0. The minimum absolute atomic E-state index is 0.00607. The predicted octanol–water partition coefficient (Wildman–Crippen LogP) is 12.6. The third-order valence-corrected chi connectivity index (χ3v) is 10.7. The molecule has 10 heteroatoms. The van der Waals surface area contributed by atoms with Gasteiger partial charge in [0.2, 0.25) is 0 Å². The Kier molecular flexibility index (Phi) is 40.1. The number of ether oxygens (including phenoxy) is 5. The van der Waals surface area contributed by atoms with Crippen LogP contribution in [-0.2, 0) is 38.1 Å². The lowest BCUT2D eigenvalue weighted by atomic mass is 10.0. The molecule has 0 saturated heterocycles. The van der Waals surface area contributed by atoms with Gasteiger partial charge in [-0.2, -0.15) is 0 Å². The van der Waals surface area contributed by atoms with Crippen molar-refractivity contribution in [2.45, 2.75) is 239 Å². The Morgan fingerprint density at radius 1 is 0.404 bits per heavy atom. The molecule has 0 aliphatic rings. The topological polar surface area (TPSA) is 118 Å². The fraction of sp³-hybridized carbons (Fsp3) is 0.915. The summed E-state index contributed by atoms with van der Waals surface area (Å²) in [6.45, 7) is 13.5. The van der Waals surface area contributed by atoms with E-state index in [1.54, 1.807) is 0 Å². The van der Waals surface area contributed by atoms with Crippen LogP contribution in [0.4, 0.5) is 4.79 Å². The smallest absolute Gasteiger partial charge is 0.462 e. The van der Waals surface area contributed by atoms with Crippen molar-refractivity contribution in [3.8, 4) is 0 Å². The molecule has 0 aliphatic carbocycles. The average Bonchev–Trinajstić information content (AvgIpc) is 3.20. The van der Waals surface area contributed by atoms with Crippen LogP contribution in [0.25, 0.3) is 0 Å². The molecule has 0 aromatic rings. The normalized spacial score (nSPS) is 11.8. The highest BCUT2D eigenvalue weighted by Crippen LogP contribution is 2.18. The summed E-state index contributed by atoms with van der Waals surface area (Å²) in [7, 11) is 0. The molecule has 0 bridgehead atoms. The summed E-state index contributed by atoms with van der Waals surface area (Å²) < 4.78 is 27.9. The van der Waals surface area contributed by atoms with E-state index in [1.165, 1.54) is 96.3 Å². The summed E-state index contributed by atoms with van der Waals surface area (Å²) in [4.78, 5) is 53.2. The second-order valence-corrected chi connectivity index (χ2v) is 15.9. The Labute approximate surface area is 350 Å². The first-order valence-electron chi connectivity index (χ1n) is 23.9. The lowest BCUT2D eigenvalue weighted by molar-refractivity contribution is -0.167. The van der Waals surface area contributed by atoms with Gasteiger partial charge in [0.15, 0.2) is 6.10 Å². The van der Waals surface area contributed by atoms with Gasteiger partial charge in [-0.05, 0) is 51.6 Å². The zero-order valence-electron chi connectivity index (χ0n) is 37.7. The van der Waals surface area contributed by atoms with Crippen molar-refractivity contribution in [3.63, 3.8) is 0 Å². The van der Waals surface area contributed by atoms with Crippen molar-refractivity contribution >= 4 is 24.1 Å². The molecule has 0 aromatic heterocycles. The summed E-state index contributed by atoms with van der Waals surface area (Å²) in [5.41, 5.74) is 0. The predicted molar refractivity (Wildman–Crippen MR) is 231 cm³/mol. The molecule has 0 aromatic carbocycles. The molecule has 0 heterocycles. The number of hydrogen-bond donors (Lipinski definition) is 0. The molecule has 0 N–H and O–H groups in total. The van der Waals surface area contributed by atoms with E-state index in [1.807, 2.05) is 0 Å². The molecule has 0 fully saturated rings. The quantitative estimate of drug-likeness (QED) is 0.0335. The van der Waals surface area contributed by atoms with E-state index < -0.39 is 24.3 Å². The molecule has 0 spiro atoms. The maximum atomic E-state index is 13.2. The first kappa shape index (κ1) is 54.6. The van der Waals surface area contributed by atoms with Gasteiger partial charge < -0.3 is 28.6 Å². The molecule has 57 heavy (non-hydrogen) atoms. The third-order valence-electron chi connectivity index (χ3n) is 10.7. The Morgan fingerprint density at radius 2 is 0.825 bits per heavy atom. The first-order chi connectivity index (χ1) is 27.8. The second kappa shape index (κ2) is 41.8. The molecule has 0 saturated carbocycles. The zero-order valence-corrected chi connectivity index (χ0v) is 37.7. The monoisotopic (exact) mass is 812 g/mol. The van der Waals surface area contributed by atoms with E-state index in [9.17, 15) is 19.2 Å². The number of hydrogen-bond acceptors (Lipinski definition) is 10. The largest absolute Gasteiger partial charge is 0.508 e. The second-order valence-electron chi connectivity index (χ2n) is 15.9. The van der Waals surface area contributed by atoms with Gasteiger partial charge in [-0.15, -0.1) is 0 Å². The van der Waals surface area contributed by atoms with Crippen molar-refractivity contribution in [2.75, 3.05) is 39.5 Å². The van der Waals surface area contributed by atoms with Crippen molar-refractivity contribution in [1.82, 2.24) is 4.90 Å². The van der Waals surface area contributed by atoms with Gasteiger partial charge in [0, 0.05) is 25.8 Å².